The Morgan fingerprint density at radius 1 is 1.40 bits per heavy atom. The Morgan fingerprint density at radius 3 is 2.73 bits per heavy atom. The summed E-state index contributed by atoms with van der Waals surface area (Å²) in [7, 11) is 1.71. The number of pyridine rings is 1. The first-order chi connectivity index (χ1) is 7.15. The van der Waals surface area contributed by atoms with Crippen LogP contribution in [0.25, 0.3) is 0 Å². The molecule has 1 rings (SSSR count). The van der Waals surface area contributed by atoms with Crippen LogP contribution >= 0.6 is 0 Å². The van der Waals surface area contributed by atoms with Gasteiger partial charge in [0.05, 0.1) is 0 Å². The van der Waals surface area contributed by atoms with Crippen LogP contribution in [0, 0.1) is 13.8 Å². The molecule has 1 aromatic heterocycles. The number of aryl methyl sites for hydroxylation is 2. The first-order valence-electron chi connectivity index (χ1n) is 5.34. The van der Waals surface area contributed by atoms with Gasteiger partial charge in [-0.05, 0) is 38.3 Å². The van der Waals surface area contributed by atoms with Crippen LogP contribution in [-0.4, -0.2) is 18.7 Å². The smallest absolute Gasteiger partial charge is 0.0462 e. The van der Waals surface area contributed by atoms with Crippen LogP contribution in [0.1, 0.15) is 35.8 Å². The van der Waals surface area contributed by atoms with Crippen LogP contribution in [0.15, 0.2) is 12.1 Å². The van der Waals surface area contributed by atoms with Crippen LogP contribution in [0.4, 0.5) is 0 Å². The molecular formula is C12H20N2O. The van der Waals surface area contributed by atoms with Gasteiger partial charge in [-0.3, -0.25) is 4.98 Å². The number of aromatic nitrogens is 1. The van der Waals surface area contributed by atoms with Gasteiger partial charge in [-0.1, -0.05) is 6.07 Å². The molecule has 0 aliphatic heterocycles. The van der Waals surface area contributed by atoms with Gasteiger partial charge in [-0.25, -0.2) is 0 Å². The first kappa shape index (κ1) is 12.1. The Hall–Kier alpha value is -0.930. The average molecular weight is 208 g/mol. The summed E-state index contributed by atoms with van der Waals surface area (Å²) in [6, 6.07) is 4.17. The van der Waals surface area contributed by atoms with Crippen LogP contribution in [0.3, 0.4) is 0 Å². The highest BCUT2D eigenvalue weighted by molar-refractivity contribution is 5.24. The van der Waals surface area contributed by atoms with Gasteiger partial charge < -0.3 is 10.5 Å². The van der Waals surface area contributed by atoms with Gasteiger partial charge in [0.2, 0.25) is 0 Å². The molecular weight excluding hydrogens is 188 g/mol. The van der Waals surface area contributed by atoms with Crippen molar-refractivity contribution in [2.75, 3.05) is 13.7 Å². The van der Waals surface area contributed by atoms with Crippen molar-refractivity contribution in [3.8, 4) is 0 Å². The molecule has 0 radical (unpaired) electrons. The zero-order valence-corrected chi connectivity index (χ0v) is 9.79. The third-order valence-electron chi connectivity index (χ3n) is 2.53. The maximum absolute atomic E-state index is 6.09. The SMILES string of the molecule is COCCCC(N)c1ccc(C)nc1C. The molecule has 3 nitrogen and oxygen atoms in total. The number of nitrogens with two attached hydrogens (primary N) is 1. The number of ether oxygens (including phenoxy) is 1. The van der Waals surface area contributed by atoms with Gasteiger partial charge in [0, 0.05) is 31.1 Å². The monoisotopic (exact) mass is 208 g/mol. The third kappa shape index (κ3) is 3.61. The van der Waals surface area contributed by atoms with Crippen LogP contribution in [-0.2, 0) is 4.74 Å². The van der Waals surface area contributed by atoms with E-state index in [0.29, 0.717) is 0 Å². The minimum Gasteiger partial charge on any atom is -0.385 e. The summed E-state index contributed by atoms with van der Waals surface area (Å²) in [5.74, 6) is 0. The highest BCUT2D eigenvalue weighted by atomic mass is 16.5. The summed E-state index contributed by atoms with van der Waals surface area (Å²) < 4.78 is 5.01. The number of hydrogen-bond acceptors (Lipinski definition) is 3. The Bertz CT molecular complexity index is 312. The fraction of sp³-hybridized carbons (Fsp3) is 0.583. The Morgan fingerprint density at radius 2 is 2.13 bits per heavy atom. The first-order valence-corrected chi connectivity index (χ1v) is 5.34. The zero-order chi connectivity index (χ0) is 11.3. The predicted molar refractivity (Wildman–Crippen MR) is 61.7 cm³/mol. The molecule has 0 saturated heterocycles. The van der Waals surface area contributed by atoms with Gasteiger partial charge in [-0.2, -0.15) is 0 Å². The molecule has 0 spiro atoms. The summed E-state index contributed by atoms with van der Waals surface area (Å²) in [6.45, 7) is 4.78. The molecule has 1 heterocycles. The molecule has 0 saturated carbocycles. The van der Waals surface area contributed by atoms with Crippen molar-refractivity contribution in [1.29, 1.82) is 0 Å². The van der Waals surface area contributed by atoms with Crippen molar-refractivity contribution < 1.29 is 4.74 Å². The fourth-order valence-electron chi connectivity index (χ4n) is 1.69. The Labute approximate surface area is 91.7 Å². The molecule has 0 amide bonds. The fourth-order valence-corrected chi connectivity index (χ4v) is 1.69. The van der Waals surface area contributed by atoms with Crippen molar-refractivity contribution in [3.63, 3.8) is 0 Å². The second kappa shape index (κ2) is 5.83. The van der Waals surface area contributed by atoms with E-state index >= 15 is 0 Å². The molecule has 0 bridgehead atoms. The van der Waals surface area contributed by atoms with Gasteiger partial charge in [0.1, 0.15) is 0 Å². The maximum Gasteiger partial charge on any atom is 0.0462 e. The van der Waals surface area contributed by atoms with E-state index in [9.17, 15) is 0 Å². The Kier molecular flexibility index (Phi) is 4.72. The highest BCUT2D eigenvalue weighted by Gasteiger charge is 2.09. The average Bonchev–Trinajstić information content (AvgIpc) is 2.17. The van der Waals surface area contributed by atoms with Crippen molar-refractivity contribution in [2.45, 2.75) is 32.7 Å². The molecule has 3 heteroatoms. The van der Waals surface area contributed by atoms with E-state index in [2.05, 4.69) is 11.1 Å². The molecule has 15 heavy (non-hydrogen) atoms. The van der Waals surface area contributed by atoms with Gasteiger partial charge in [-0.15, -0.1) is 0 Å². The topological polar surface area (TPSA) is 48.1 Å². The number of rotatable bonds is 5. The molecule has 1 atom stereocenters. The number of hydrogen-bond donors (Lipinski definition) is 1. The summed E-state index contributed by atoms with van der Waals surface area (Å²) in [6.07, 6.45) is 1.93. The predicted octanol–water partition coefficient (Wildman–Crippen LogP) is 2.12. The van der Waals surface area contributed by atoms with Gasteiger partial charge in [0.15, 0.2) is 0 Å². The van der Waals surface area contributed by atoms with E-state index in [-0.39, 0.29) is 6.04 Å². The van der Waals surface area contributed by atoms with Gasteiger partial charge >= 0.3 is 0 Å². The number of methoxy groups -OCH3 is 1. The van der Waals surface area contributed by atoms with E-state index in [1.807, 2.05) is 19.9 Å². The summed E-state index contributed by atoms with van der Waals surface area (Å²) in [5, 5.41) is 0. The van der Waals surface area contributed by atoms with Crippen molar-refractivity contribution in [3.05, 3.63) is 29.1 Å². The number of nitrogens with zero attached hydrogens (tertiary/aromatic N) is 1. The van der Waals surface area contributed by atoms with Gasteiger partial charge in [0.25, 0.3) is 0 Å². The van der Waals surface area contributed by atoms with E-state index in [1.165, 1.54) is 0 Å². The van der Waals surface area contributed by atoms with Crippen LogP contribution in [0.2, 0.25) is 0 Å². The molecule has 1 unspecified atom stereocenters. The minimum atomic E-state index is 0.0771. The van der Waals surface area contributed by atoms with Crippen molar-refractivity contribution in [1.82, 2.24) is 4.98 Å². The molecule has 0 fully saturated rings. The van der Waals surface area contributed by atoms with E-state index in [1.54, 1.807) is 7.11 Å². The second-order valence-electron chi connectivity index (χ2n) is 3.87. The minimum absolute atomic E-state index is 0.0771. The summed E-state index contributed by atoms with van der Waals surface area (Å²) >= 11 is 0. The standard InChI is InChI=1S/C12H20N2O/c1-9-6-7-11(10(2)14-9)12(13)5-4-8-15-3/h6-7,12H,4-5,8,13H2,1-3H3. The molecule has 2 N–H and O–H groups in total. The maximum atomic E-state index is 6.09. The van der Waals surface area contributed by atoms with Crippen molar-refractivity contribution >= 4 is 0 Å². The van der Waals surface area contributed by atoms with Crippen molar-refractivity contribution in [2.24, 2.45) is 5.73 Å². The summed E-state index contributed by atoms with van der Waals surface area (Å²) in [4.78, 5) is 4.41. The lowest BCUT2D eigenvalue weighted by atomic mass is 10.0. The lowest BCUT2D eigenvalue weighted by Gasteiger charge is -2.14. The zero-order valence-electron chi connectivity index (χ0n) is 9.79. The van der Waals surface area contributed by atoms with E-state index in [0.717, 1.165) is 36.4 Å². The normalized spacial score (nSPS) is 12.8. The molecule has 1 aromatic rings. The molecule has 84 valence electrons. The lowest BCUT2D eigenvalue weighted by molar-refractivity contribution is 0.190. The third-order valence-corrected chi connectivity index (χ3v) is 2.53. The van der Waals surface area contributed by atoms with Crippen LogP contribution in [0.5, 0.6) is 0 Å². The second-order valence-corrected chi connectivity index (χ2v) is 3.87. The largest absolute Gasteiger partial charge is 0.385 e. The summed E-state index contributed by atoms with van der Waals surface area (Å²) in [5.41, 5.74) is 9.32. The molecule has 0 aliphatic rings. The highest BCUT2D eigenvalue weighted by Crippen LogP contribution is 2.18. The molecule has 0 aliphatic carbocycles. The van der Waals surface area contributed by atoms with E-state index < -0.39 is 0 Å². The molecule has 0 aromatic carbocycles. The lowest BCUT2D eigenvalue weighted by Crippen LogP contribution is -2.13. The van der Waals surface area contributed by atoms with Crippen LogP contribution < -0.4 is 5.73 Å². The quantitative estimate of drug-likeness (QED) is 0.754. The van der Waals surface area contributed by atoms with E-state index in [4.69, 9.17) is 10.5 Å². The Balaban J connectivity index is 2.61.